The third-order valence-corrected chi connectivity index (χ3v) is 12.1. The van der Waals surface area contributed by atoms with Crippen LogP contribution in [0.3, 0.4) is 0 Å². The van der Waals surface area contributed by atoms with Gasteiger partial charge in [0.05, 0.1) is 17.1 Å². The second-order valence-corrected chi connectivity index (χ2v) is 15.7. The molecule has 0 bridgehead atoms. The number of hydrogen-bond acceptors (Lipinski definition) is 6. The summed E-state index contributed by atoms with van der Waals surface area (Å²) in [5, 5.41) is 9.58. The van der Waals surface area contributed by atoms with Crippen molar-refractivity contribution in [3.05, 3.63) is 107 Å². The topological polar surface area (TPSA) is 119 Å². The number of fused-ring (bicyclic) bond motifs is 10. The number of anilines is 2. The van der Waals surface area contributed by atoms with Gasteiger partial charge in [0.15, 0.2) is 0 Å². The maximum Gasteiger partial charge on any atom is 0.373 e. The minimum atomic E-state index is 0.0600. The van der Waals surface area contributed by atoms with Gasteiger partial charge in [-0.05, 0) is 97.9 Å². The Morgan fingerprint density at radius 1 is 0.579 bits per heavy atom. The van der Waals surface area contributed by atoms with E-state index in [4.69, 9.17) is 19.2 Å². The average molecular weight is 763 g/mol. The first kappa shape index (κ1) is 39.2. The lowest BCUT2D eigenvalue weighted by molar-refractivity contribution is -0.193. The van der Waals surface area contributed by atoms with Crippen LogP contribution in [0, 0.1) is 13.8 Å². The lowest BCUT2D eigenvalue weighted by Gasteiger charge is -2.23. The molecule has 292 valence electrons. The third kappa shape index (κ3) is 8.00. The van der Waals surface area contributed by atoms with Crippen molar-refractivity contribution >= 4 is 51.4 Å². The molecule has 2 saturated carbocycles. The van der Waals surface area contributed by atoms with E-state index in [2.05, 4.69) is 106 Å². The highest BCUT2D eigenvalue weighted by Gasteiger charge is 2.31. The summed E-state index contributed by atoms with van der Waals surface area (Å²) in [6.07, 6.45) is 13.8. The van der Waals surface area contributed by atoms with E-state index in [1.54, 1.807) is 5.56 Å². The highest BCUT2D eigenvalue weighted by Crippen LogP contribution is 2.48. The van der Waals surface area contributed by atoms with Crippen LogP contribution in [-0.2, 0) is 37.1 Å². The van der Waals surface area contributed by atoms with E-state index in [1.807, 2.05) is 12.1 Å². The fourth-order valence-electron chi connectivity index (χ4n) is 9.84. The Morgan fingerprint density at radius 2 is 1.04 bits per heavy atom. The van der Waals surface area contributed by atoms with Crippen LogP contribution in [0.25, 0.3) is 44.3 Å². The molecule has 2 N–H and O–H groups in total. The molecule has 2 aromatic heterocycles. The number of amides is 1. The molecular weight excluding hydrogens is 713 g/mol. The monoisotopic (exact) mass is 762 g/mol. The van der Waals surface area contributed by atoms with E-state index in [0.29, 0.717) is 18.4 Å². The highest BCUT2D eigenvalue weighted by atomic mass is 16.2. The minimum Gasteiger partial charge on any atom is -0.383 e. The Bertz CT molecular complexity index is 2460. The lowest BCUT2D eigenvalue weighted by Crippen LogP contribution is -2.16. The van der Waals surface area contributed by atoms with Crippen molar-refractivity contribution in [1.29, 1.82) is 0 Å². The summed E-state index contributed by atoms with van der Waals surface area (Å²) in [4.78, 5) is 45.1. The smallest absolute Gasteiger partial charge is 0.373 e. The Kier molecular flexibility index (Phi) is 12.3. The van der Waals surface area contributed by atoms with Crippen LogP contribution in [-0.4, -0.2) is 33.9 Å². The SMILES string of the molecule is Cc1ccc2c(C3CCCCC3)c3n(c2c1)CC(=O)Nc1ccccc1-3.Cc1ccc2c(C3CCCCC3)c3n(c2c1)CCNc1ccccc1-3.O=C=O.O=C=O. The molecule has 2 aliphatic carbocycles. The Labute approximate surface area is 333 Å². The van der Waals surface area contributed by atoms with Crippen molar-refractivity contribution in [2.45, 2.75) is 103 Å². The molecule has 2 fully saturated rings. The molecule has 6 aromatic rings. The van der Waals surface area contributed by atoms with Crippen LogP contribution in [0.1, 0.15) is 98.3 Å². The maximum absolute atomic E-state index is 12.6. The number of carbonyl (C=O) groups is 1. The molecule has 0 unspecified atom stereocenters. The summed E-state index contributed by atoms with van der Waals surface area (Å²) in [5.41, 5.74) is 15.8. The largest absolute Gasteiger partial charge is 0.383 e. The van der Waals surface area contributed by atoms with Crippen molar-refractivity contribution in [2.24, 2.45) is 0 Å². The molecule has 1 amide bonds. The summed E-state index contributed by atoms with van der Waals surface area (Å²) < 4.78 is 4.85. The molecule has 2 aliphatic heterocycles. The van der Waals surface area contributed by atoms with Crippen LogP contribution in [0.5, 0.6) is 0 Å². The first-order valence-corrected chi connectivity index (χ1v) is 20.3. The van der Waals surface area contributed by atoms with Gasteiger partial charge in [-0.1, -0.05) is 99.2 Å². The molecule has 0 atom stereocenters. The fourth-order valence-corrected chi connectivity index (χ4v) is 9.84. The molecule has 57 heavy (non-hydrogen) atoms. The molecule has 0 spiro atoms. The summed E-state index contributed by atoms with van der Waals surface area (Å²) in [6, 6.07) is 30.9. The quantitative estimate of drug-likeness (QED) is 0.181. The lowest BCUT2D eigenvalue weighted by atomic mass is 9.81. The molecule has 0 radical (unpaired) electrons. The van der Waals surface area contributed by atoms with Gasteiger partial charge in [-0.3, -0.25) is 4.79 Å². The first-order chi connectivity index (χ1) is 27.9. The number of nitrogens with one attached hydrogen (secondary N) is 2. The molecule has 10 rings (SSSR count). The van der Waals surface area contributed by atoms with Crippen molar-refractivity contribution < 1.29 is 24.0 Å². The zero-order valence-corrected chi connectivity index (χ0v) is 32.9. The fraction of sp³-hybridized carbons (Fsp3) is 0.354. The summed E-state index contributed by atoms with van der Waals surface area (Å²) in [7, 11) is 0. The van der Waals surface area contributed by atoms with Gasteiger partial charge in [-0.25, -0.2) is 0 Å². The van der Waals surface area contributed by atoms with Crippen LogP contribution < -0.4 is 10.6 Å². The molecule has 4 aliphatic rings. The number of para-hydroxylation sites is 2. The van der Waals surface area contributed by atoms with Crippen LogP contribution in [0.2, 0.25) is 0 Å². The van der Waals surface area contributed by atoms with Gasteiger partial charge in [-0.2, -0.15) is 19.2 Å². The molecule has 9 nitrogen and oxygen atoms in total. The number of aryl methyl sites for hydroxylation is 2. The van der Waals surface area contributed by atoms with Gasteiger partial charge >= 0.3 is 12.3 Å². The Balaban J connectivity index is 0.000000153. The Hall–Kier alpha value is -6.01. The second kappa shape index (κ2) is 17.8. The number of rotatable bonds is 2. The maximum atomic E-state index is 12.6. The van der Waals surface area contributed by atoms with Crippen molar-refractivity contribution in [3.8, 4) is 22.5 Å². The molecule has 9 heteroatoms. The zero-order chi connectivity index (χ0) is 39.9. The standard InChI is InChI=1S/C23H24N2O.C23H26N2.2CO2/c1-15-11-12-18-20(13-15)25-14-21(26)24-19-10-6-5-9-17(19)23(25)22(18)16-7-3-2-4-8-16;1-16-11-12-19-21(15-16)25-14-13-24-20-10-6-5-9-18(20)23(25)22(19)17-7-3-2-4-8-17;2*2-1-3/h5-6,9-13,16H,2-4,7-8,14H2,1H3,(H,24,26);5-6,9-12,15,17,24H,2-4,7-8,13-14H2,1H3;;. The van der Waals surface area contributed by atoms with Crippen LogP contribution in [0.4, 0.5) is 11.4 Å². The van der Waals surface area contributed by atoms with Gasteiger partial charge in [0.2, 0.25) is 5.91 Å². The predicted octanol–water partition coefficient (Wildman–Crippen LogP) is 10.5. The molecular formula is C48H50N4O5. The van der Waals surface area contributed by atoms with Crippen LogP contribution in [0.15, 0.2) is 84.9 Å². The summed E-state index contributed by atoms with van der Waals surface area (Å²) >= 11 is 0. The van der Waals surface area contributed by atoms with E-state index in [-0.39, 0.29) is 18.2 Å². The summed E-state index contributed by atoms with van der Waals surface area (Å²) in [6.45, 7) is 6.76. The molecule has 4 aromatic carbocycles. The number of aromatic nitrogens is 2. The van der Waals surface area contributed by atoms with Gasteiger partial charge in [0.25, 0.3) is 0 Å². The number of nitrogens with zero attached hydrogens (tertiary/aromatic N) is 2. The van der Waals surface area contributed by atoms with E-state index in [1.165, 1.54) is 125 Å². The summed E-state index contributed by atoms with van der Waals surface area (Å²) in [5.74, 6) is 1.36. The van der Waals surface area contributed by atoms with Gasteiger partial charge in [-0.15, -0.1) is 0 Å². The highest BCUT2D eigenvalue weighted by molar-refractivity contribution is 6.03. The van der Waals surface area contributed by atoms with E-state index in [9.17, 15) is 4.79 Å². The van der Waals surface area contributed by atoms with Crippen molar-refractivity contribution in [2.75, 3.05) is 17.2 Å². The molecule has 0 saturated heterocycles. The number of hydrogen-bond donors (Lipinski definition) is 2. The van der Waals surface area contributed by atoms with E-state index in [0.717, 1.165) is 24.3 Å². The van der Waals surface area contributed by atoms with Gasteiger partial charge < -0.3 is 19.8 Å². The number of carbonyl (C=O) groups excluding carboxylic acids is 5. The second-order valence-electron chi connectivity index (χ2n) is 15.7. The van der Waals surface area contributed by atoms with Gasteiger partial charge in [0, 0.05) is 51.7 Å². The third-order valence-electron chi connectivity index (χ3n) is 12.1. The number of benzene rings is 4. The van der Waals surface area contributed by atoms with Gasteiger partial charge in [0.1, 0.15) is 6.54 Å². The van der Waals surface area contributed by atoms with Crippen molar-refractivity contribution in [1.82, 2.24) is 9.13 Å². The van der Waals surface area contributed by atoms with E-state index >= 15 is 0 Å². The van der Waals surface area contributed by atoms with E-state index < -0.39 is 0 Å². The zero-order valence-electron chi connectivity index (χ0n) is 32.9. The molecule has 4 heterocycles. The first-order valence-electron chi connectivity index (χ1n) is 20.3. The predicted molar refractivity (Wildman–Crippen MR) is 223 cm³/mol. The van der Waals surface area contributed by atoms with Crippen LogP contribution >= 0.6 is 0 Å². The van der Waals surface area contributed by atoms with Crippen molar-refractivity contribution in [3.63, 3.8) is 0 Å². The average Bonchev–Trinajstić information content (AvgIpc) is 3.55. The Morgan fingerprint density at radius 3 is 1.58 bits per heavy atom. The normalized spacial score (nSPS) is 16.0. The minimum absolute atomic E-state index is 0.0600.